The van der Waals surface area contributed by atoms with E-state index in [0.29, 0.717) is 23.5 Å². The molecule has 5 fully saturated rings. The van der Waals surface area contributed by atoms with Gasteiger partial charge in [-0.15, -0.1) is 0 Å². The van der Waals surface area contributed by atoms with E-state index in [2.05, 4.69) is 6.92 Å². The summed E-state index contributed by atoms with van der Waals surface area (Å²) in [5.41, 5.74) is 0.161. The Balaban J connectivity index is 1.39. The van der Waals surface area contributed by atoms with E-state index >= 15 is 0 Å². The first-order chi connectivity index (χ1) is 11.5. The second-order valence-corrected chi connectivity index (χ2v) is 9.26. The molecule has 4 heteroatoms. The molecule has 5 rings (SSSR count). The lowest BCUT2D eigenvalue weighted by Gasteiger charge is -2.54. The molecule has 0 aromatic carbocycles. The van der Waals surface area contributed by atoms with Gasteiger partial charge in [-0.1, -0.05) is 6.92 Å². The quantitative estimate of drug-likeness (QED) is 0.547. The fourth-order valence-corrected chi connectivity index (χ4v) is 7.30. The van der Waals surface area contributed by atoms with Crippen LogP contribution in [0.2, 0.25) is 0 Å². The molecule has 4 nitrogen and oxygen atoms in total. The highest BCUT2D eigenvalue weighted by Gasteiger charge is 2.64. The normalized spacial score (nSPS) is 55.0. The van der Waals surface area contributed by atoms with E-state index < -0.39 is 0 Å². The molecule has 9 atom stereocenters. The summed E-state index contributed by atoms with van der Waals surface area (Å²) in [5.74, 6) is 3.55. The second-order valence-electron chi connectivity index (χ2n) is 9.26. The van der Waals surface area contributed by atoms with Crippen LogP contribution in [0.4, 0.5) is 0 Å². The Morgan fingerprint density at radius 1 is 1.17 bits per heavy atom. The Kier molecular flexibility index (Phi) is 3.24. The summed E-state index contributed by atoms with van der Waals surface area (Å²) in [6.45, 7) is 3.90. The average molecular weight is 332 g/mol. The van der Waals surface area contributed by atoms with Crippen molar-refractivity contribution in [3.05, 3.63) is 0 Å². The maximum absolute atomic E-state index is 12.1. The van der Waals surface area contributed by atoms with Crippen LogP contribution in [0.15, 0.2) is 0 Å². The van der Waals surface area contributed by atoms with Crippen LogP contribution in [0, 0.1) is 35.0 Å². The number of fused-ring (bicyclic) bond motifs is 7. The molecule has 0 aromatic rings. The van der Waals surface area contributed by atoms with Crippen molar-refractivity contribution in [2.45, 2.75) is 77.1 Å². The lowest BCUT2D eigenvalue weighted by Crippen LogP contribution is -2.51. The van der Waals surface area contributed by atoms with Crippen molar-refractivity contribution in [1.82, 2.24) is 0 Å². The largest absolute Gasteiger partial charge is 0.462 e. The van der Waals surface area contributed by atoms with Crippen LogP contribution in [0.5, 0.6) is 0 Å². The van der Waals surface area contributed by atoms with E-state index in [1.807, 2.05) is 0 Å². The van der Waals surface area contributed by atoms with Crippen LogP contribution in [-0.4, -0.2) is 30.1 Å². The van der Waals surface area contributed by atoms with Gasteiger partial charge in [0.2, 0.25) is 0 Å². The summed E-state index contributed by atoms with van der Waals surface area (Å²) in [4.78, 5) is 23.6. The summed E-state index contributed by atoms with van der Waals surface area (Å²) < 4.78 is 11.5. The summed E-state index contributed by atoms with van der Waals surface area (Å²) in [6.07, 6.45) is 8.08. The maximum Gasteiger partial charge on any atom is 0.302 e. The van der Waals surface area contributed by atoms with Crippen LogP contribution < -0.4 is 0 Å². The van der Waals surface area contributed by atoms with Crippen LogP contribution in [0.3, 0.4) is 0 Å². The molecule has 1 saturated heterocycles. The minimum atomic E-state index is -0.132. The molecule has 0 radical (unpaired) electrons. The maximum atomic E-state index is 12.1. The number of hydrogen-bond donors (Lipinski definition) is 0. The van der Waals surface area contributed by atoms with Gasteiger partial charge in [-0.3, -0.25) is 9.59 Å². The highest BCUT2D eigenvalue weighted by Crippen LogP contribution is 2.64. The third-order valence-electron chi connectivity index (χ3n) is 8.31. The van der Waals surface area contributed by atoms with Gasteiger partial charge in [0.05, 0.1) is 6.10 Å². The smallest absolute Gasteiger partial charge is 0.302 e. The van der Waals surface area contributed by atoms with Gasteiger partial charge in [0.25, 0.3) is 0 Å². The first kappa shape index (κ1) is 15.4. The number of carbonyl (C=O) groups excluding carboxylic acids is 2. The topological polar surface area (TPSA) is 55.9 Å². The van der Waals surface area contributed by atoms with Crippen molar-refractivity contribution in [2.75, 3.05) is 0 Å². The molecule has 4 aliphatic carbocycles. The van der Waals surface area contributed by atoms with E-state index in [9.17, 15) is 9.59 Å². The van der Waals surface area contributed by atoms with Crippen molar-refractivity contribution in [1.29, 1.82) is 0 Å². The minimum absolute atomic E-state index is 0.0596. The standard InChI is InChI=1S/C20H28O4/c1-10(21)23-16-6-5-14-12-4-3-11-9-15(22)18-19(24-18)17(11)13(12)7-8-20(14,16)2/h11-14,16-19H,3-9H2,1-2H3/t11-,12+,13-,14-,16-,17-,18-,19+,20-/m0/s1. The zero-order chi connectivity index (χ0) is 16.6. The molecule has 1 heterocycles. The first-order valence-electron chi connectivity index (χ1n) is 9.84. The molecule has 0 spiro atoms. The Bertz CT molecular complexity index is 586. The molecule has 132 valence electrons. The van der Waals surface area contributed by atoms with Crippen LogP contribution >= 0.6 is 0 Å². The summed E-state index contributed by atoms with van der Waals surface area (Å²) in [6, 6.07) is 0. The fourth-order valence-electron chi connectivity index (χ4n) is 7.30. The van der Waals surface area contributed by atoms with Gasteiger partial charge in [0.15, 0.2) is 5.78 Å². The zero-order valence-corrected chi connectivity index (χ0v) is 14.7. The molecule has 1 aliphatic heterocycles. The monoisotopic (exact) mass is 332 g/mol. The van der Waals surface area contributed by atoms with Gasteiger partial charge in [0.1, 0.15) is 12.2 Å². The van der Waals surface area contributed by atoms with Gasteiger partial charge in [-0.25, -0.2) is 0 Å². The third-order valence-corrected chi connectivity index (χ3v) is 8.31. The van der Waals surface area contributed by atoms with Crippen molar-refractivity contribution >= 4 is 11.8 Å². The molecule has 0 bridgehead atoms. The van der Waals surface area contributed by atoms with Crippen molar-refractivity contribution in [3.8, 4) is 0 Å². The second kappa shape index (κ2) is 5.06. The van der Waals surface area contributed by atoms with Crippen molar-refractivity contribution in [3.63, 3.8) is 0 Å². The molecule has 5 aliphatic rings. The number of Topliss-reactive ketones (excluding diaryl/α,β-unsaturated/α-hetero) is 1. The third kappa shape index (κ3) is 2.01. The van der Waals surface area contributed by atoms with Gasteiger partial charge < -0.3 is 9.47 Å². The molecule has 0 amide bonds. The first-order valence-corrected chi connectivity index (χ1v) is 9.84. The number of epoxide rings is 1. The molecular weight excluding hydrogens is 304 g/mol. The number of hydrogen-bond acceptors (Lipinski definition) is 4. The van der Waals surface area contributed by atoms with Gasteiger partial charge in [-0.05, 0) is 68.1 Å². The minimum Gasteiger partial charge on any atom is -0.462 e. The van der Waals surface area contributed by atoms with Gasteiger partial charge in [0, 0.05) is 18.8 Å². The molecule has 0 unspecified atom stereocenters. The summed E-state index contributed by atoms with van der Waals surface area (Å²) in [5, 5.41) is 0. The molecule has 4 saturated carbocycles. The number of esters is 1. The van der Waals surface area contributed by atoms with E-state index in [1.54, 1.807) is 0 Å². The molecule has 0 aromatic heterocycles. The molecular formula is C20H28O4. The summed E-state index contributed by atoms with van der Waals surface area (Å²) >= 11 is 0. The van der Waals surface area contributed by atoms with Crippen molar-refractivity contribution in [2.24, 2.45) is 35.0 Å². The number of ether oxygens (including phenoxy) is 2. The van der Waals surface area contributed by atoms with Gasteiger partial charge >= 0.3 is 5.97 Å². The Morgan fingerprint density at radius 2 is 2.00 bits per heavy atom. The number of rotatable bonds is 1. The van der Waals surface area contributed by atoms with E-state index in [1.165, 1.54) is 32.6 Å². The highest BCUT2D eigenvalue weighted by atomic mass is 16.6. The van der Waals surface area contributed by atoms with Crippen LogP contribution in [-0.2, 0) is 19.1 Å². The van der Waals surface area contributed by atoms with Gasteiger partial charge in [-0.2, -0.15) is 0 Å². The SMILES string of the molecule is CC(=O)O[C@H]1CC[C@H]2[C@@H]3CC[C@H]4CC(=O)[C@@H]5O[C@@H]5[C@@H]4[C@H]3CC[C@]12C. The molecule has 0 N–H and O–H groups in total. The van der Waals surface area contributed by atoms with E-state index in [4.69, 9.17) is 9.47 Å². The predicted molar refractivity (Wildman–Crippen MR) is 87.1 cm³/mol. The zero-order valence-electron chi connectivity index (χ0n) is 14.7. The highest BCUT2D eigenvalue weighted by molar-refractivity contribution is 5.87. The van der Waals surface area contributed by atoms with E-state index in [0.717, 1.165) is 31.1 Å². The van der Waals surface area contributed by atoms with Crippen LogP contribution in [0.25, 0.3) is 0 Å². The Hall–Kier alpha value is -0.900. The Labute approximate surface area is 143 Å². The van der Waals surface area contributed by atoms with Crippen LogP contribution in [0.1, 0.15) is 58.8 Å². The number of carbonyl (C=O) groups is 2. The lowest BCUT2D eigenvalue weighted by molar-refractivity contribution is -0.157. The average Bonchev–Trinajstić information content (AvgIpc) is 3.27. The lowest BCUT2D eigenvalue weighted by atomic mass is 9.50. The summed E-state index contributed by atoms with van der Waals surface area (Å²) in [7, 11) is 0. The molecule has 24 heavy (non-hydrogen) atoms. The fraction of sp³-hybridized carbons (Fsp3) is 0.900. The predicted octanol–water partition coefficient (Wildman–Crippen LogP) is 3.13. The number of ketones is 1. The Morgan fingerprint density at radius 3 is 2.79 bits per heavy atom. The van der Waals surface area contributed by atoms with E-state index in [-0.39, 0.29) is 29.7 Å². The van der Waals surface area contributed by atoms with Crippen molar-refractivity contribution < 1.29 is 19.1 Å².